The van der Waals surface area contributed by atoms with Gasteiger partial charge in [-0.05, 0) is 33.6 Å². The number of carboxylic acid groups (broad SMARTS) is 1. The summed E-state index contributed by atoms with van der Waals surface area (Å²) in [6.45, 7) is 4.89. The standard InChI is InChI=1S/C12H22N2O6S/c1-4-20-10(15)9-5-7-14(8-6-9)21(18,19)13-12(2,3)11(16)17/h9,13H,4-8H2,1-3H3,(H,16,17). The van der Waals surface area contributed by atoms with Gasteiger partial charge in [0, 0.05) is 13.1 Å². The molecular weight excluding hydrogens is 300 g/mol. The van der Waals surface area contributed by atoms with Gasteiger partial charge in [-0.2, -0.15) is 17.4 Å². The Morgan fingerprint density at radius 3 is 2.29 bits per heavy atom. The molecule has 1 saturated heterocycles. The van der Waals surface area contributed by atoms with Crippen molar-refractivity contribution >= 4 is 22.1 Å². The summed E-state index contributed by atoms with van der Waals surface area (Å²) >= 11 is 0. The largest absolute Gasteiger partial charge is 0.480 e. The van der Waals surface area contributed by atoms with Crippen molar-refractivity contribution in [3.05, 3.63) is 0 Å². The molecule has 0 bridgehead atoms. The lowest BCUT2D eigenvalue weighted by Gasteiger charge is -2.32. The maximum atomic E-state index is 12.1. The van der Waals surface area contributed by atoms with Gasteiger partial charge in [-0.15, -0.1) is 0 Å². The van der Waals surface area contributed by atoms with E-state index < -0.39 is 21.7 Å². The minimum atomic E-state index is -3.90. The van der Waals surface area contributed by atoms with E-state index >= 15 is 0 Å². The fraction of sp³-hybridized carbons (Fsp3) is 0.833. The Balaban J connectivity index is 2.65. The molecule has 1 heterocycles. The summed E-state index contributed by atoms with van der Waals surface area (Å²) in [6.07, 6.45) is 0.737. The second-order valence-electron chi connectivity index (χ2n) is 5.46. The molecule has 0 spiro atoms. The molecular formula is C12H22N2O6S. The molecule has 2 N–H and O–H groups in total. The van der Waals surface area contributed by atoms with Crippen LogP contribution in [0.25, 0.3) is 0 Å². The van der Waals surface area contributed by atoms with Crippen LogP contribution in [0.2, 0.25) is 0 Å². The Hall–Kier alpha value is -1.19. The maximum Gasteiger partial charge on any atom is 0.324 e. The number of ether oxygens (including phenoxy) is 1. The van der Waals surface area contributed by atoms with Gasteiger partial charge >= 0.3 is 11.9 Å². The Kier molecular flexibility index (Phi) is 5.71. The first-order valence-electron chi connectivity index (χ1n) is 6.79. The normalized spacial score (nSPS) is 18.4. The molecule has 0 amide bonds. The van der Waals surface area contributed by atoms with Crippen molar-refractivity contribution in [3.63, 3.8) is 0 Å². The van der Waals surface area contributed by atoms with Crippen LogP contribution in [0.1, 0.15) is 33.6 Å². The third-order valence-electron chi connectivity index (χ3n) is 3.33. The van der Waals surface area contributed by atoms with Crippen LogP contribution in [0, 0.1) is 5.92 Å². The Labute approximate surface area is 124 Å². The van der Waals surface area contributed by atoms with E-state index in [0.717, 1.165) is 4.31 Å². The molecule has 8 nitrogen and oxygen atoms in total. The van der Waals surface area contributed by atoms with Crippen molar-refractivity contribution in [1.29, 1.82) is 0 Å². The molecule has 0 radical (unpaired) electrons. The fourth-order valence-corrected chi connectivity index (χ4v) is 3.58. The number of carboxylic acids is 1. The Morgan fingerprint density at radius 1 is 1.33 bits per heavy atom. The minimum Gasteiger partial charge on any atom is -0.480 e. The van der Waals surface area contributed by atoms with Gasteiger partial charge in [-0.25, -0.2) is 0 Å². The van der Waals surface area contributed by atoms with Gasteiger partial charge in [0.25, 0.3) is 10.2 Å². The molecule has 122 valence electrons. The van der Waals surface area contributed by atoms with Crippen molar-refractivity contribution in [2.75, 3.05) is 19.7 Å². The van der Waals surface area contributed by atoms with Gasteiger partial charge in [0.05, 0.1) is 12.5 Å². The third kappa shape index (κ3) is 4.65. The van der Waals surface area contributed by atoms with Crippen LogP contribution in [-0.4, -0.2) is 55.0 Å². The van der Waals surface area contributed by atoms with Crippen LogP contribution < -0.4 is 4.72 Å². The summed E-state index contributed by atoms with van der Waals surface area (Å²) in [4.78, 5) is 22.6. The van der Waals surface area contributed by atoms with Gasteiger partial charge < -0.3 is 9.84 Å². The zero-order chi connectivity index (χ0) is 16.3. The van der Waals surface area contributed by atoms with E-state index in [1.807, 2.05) is 0 Å². The Morgan fingerprint density at radius 2 is 1.86 bits per heavy atom. The van der Waals surface area contributed by atoms with Crippen molar-refractivity contribution in [1.82, 2.24) is 9.03 Å². The van der Waals surface area contributed by atoms with Crippen LogP contribution in [0.5, 0.6) is 0 Å². The van der Waals surface area contributed by atoms with E-state index in [9.17, 15) is 18.0 Å². The first-order chi connectivity index (χ1) is 9.60. The summed E-state index contributed by atoms with van der Waals surface area (Å²) in [7, 11) is -3.90. The van der Waals surface area contributed by atoms with Gasteiger partial charge in [-0.3, -0.25) is 9.59 Å². The average molecular weight is 322 g/mol. The number of aliphatic carboxylic acids is 1. The van der Waals surface area contributed by atoms with E-state index in [4.69, 9.17) is 9.84 Å². The number of carbonyl (C=O) groups excluding carboxylic acids is 1. The van der Waals surface area contributed by atoms with Gasteiger partial charge in [0.1, 0.15) is 5.54 Å². The van der Waals surface area contributed by atoms with E-state index in [1.165, 1.54) is 13.8 Å². The molecule has 0 aromatic rings. The molecule has 1 rings (SSSR count). The molecule has 9 heteroatoms. The number of hydrogen-bond donors (Lipinski definition) is 2. The SMILES string of the molecule is CCOC(=O)C1CCN(S(=O)(=O)NC(C)(C)C(=O)O)CC1. The second-order valence-corrected chi connectivity index (χ2v) is 7.13. The fourth-order valence-electron chi connectivity index (χ4n) is 2.02. The van der Waals surface area contributed by atoms with E-state index in [0.29, 0.717) is 19.4 Å². The van der Waals surface area contributed by atoms with E-state index in [1.54, 1.807) is 6.92 Å². The second kappa shape index (κ2) is 6.71. The first kappa shape index (κ1) is 17.9. The zero-order valence-corrected chi connectivity index (χ0v) is 13.3. The summed E-state index contributed by atoms with van der Waals surface area (Å²) in [6, 6.07) is 0. The van der Waals surface area contributed by atoms with Crippen molar-refractivity contribution in [2.45, 2.75) is 39.2 Å². The molecule has 0 unspecified atom stereocenters. The highest BCUT2D eigenvalue weighted by molar-refractivity contribution is 7.87. The molecule has 1 aliphatic heterocycles. The number of nitrogens with one attached hydrogen (secondary N) is 1. The minimum absolute atomic E-state index is 0.161. The monoisotopic (exact) mass is 322 g/mol. The summed E-state index contributed by atoms with van der Waals surface area (Å²) in [5, 5.41) is 8.97. The average Bonchev–Trinajstić information content (AvgIpc) is 2.38. The lowest BCUT2D eigenvalue weighted by Crippen LogP contribution is -2.55. The van der Waals surface area contributed by atoms with Gasteiger partial charge in [-0.1, -0.05) is 0 Å². The van der Waals surface area contributed by atoms with Crippen LogP contribution in [0.3, 0.4) is 0 Å². The predicted octanol–water partition coefficient (Wildman–Crippen LogP) is -0.0409. The number of hydrogen-bond acceptors (Lipinski definition) is 5. The molecule has 1 fully saturated rings. The molecule has 1 aliphatic rings. The highest BCUT2D eigenvalue weighted by atomic mass is 32.2. The van der Waals surface area contributed by atoms with E-state index in [2.05, 4.69) is 4.72 Å². The van der Waals surface area contributed by atoms with Crippen LogP contribution in [-0.2, 0) is 24.5 Å². The smallest absolute Gasteiger partial charge is 0.324 e. The third-order valence-corrected chi connectivity index (χ3v) is 5.15. The lowest BCUT2D eigenvalue weighted by atomic mass is 9.98. The maximum absolute atomic E-state index is 12.1. The number of carbonyl (C=O) groups is 2. The molecule has 21 heavy (non-hydrogen) atoms. The summed E-state index contributed by atoms with van der Waals surface area (Å²) in [5.74, 6) is -1.87. The molecule has 0 saturated carbocycles. The van der Waals surface area contributed by atoms with Crippen LogP contribution >= 0.6 is 0 Å². The molecule has 0 atom stereocenters. The summed E-state index contributed by atoms with van der Waals surface area (Å²) < 4.78 is 32.5. The first-order valence-corrected chi connectivity index (χ1v) is 8.23. The van der Waals surface area contributed by atoms with Gasteiger partial charge in [0.2, 0.25) is 0 Å². The number of nitrogens with zero attached hydrogens (tertiary/aromatic N) is 1. The summed E-state index contributed by atoms with van der Waals surface area (Å²) in [5.41, 5.74) is -1.59. The van der Waals surface area contributed by atoms with Crippen molar-refractivity contribution in [2.24, 2.45) is 5.92 Å². The number of rotatable bonds is 6. The van der Waals surface area contributed by atoms with E-state index in [-0.39, 0.29) is 25.0 Å². The van der Waals surface area contributed by atoms with Crippen LogP contribution in [0.15, 0.2) is 0 Å². The number of esters is 1. The zero-order valence-electron chi connectivity index (χ0n) is 12.5. The highest BCUT2D eigenvalue weighted by Crippen LogP contribution is 2.21. The van der Waals surface area contributed by atoms with Crippen molar-refractivity contribution < 1.29 is 27.9 Å². The number of piperidine rings is 1. The molecule has 0 aliphatic carbocycles. The predicted molar refractivity (Wildman–Crippen MR) is 74.7 cm³/mol. The quantitative estimate of drug-likeness (QED) is 0.663. The molecule has 0 aromatic heterocycles. The van der Waals surface area contributed by atoms with Gasteiger partial charge in [0.15, 0.2) is 0 Å². The van der Waals surface area contributed by atoms with Crippen LogP contribution in [0.4, 0.5) is 0 Å². The highest BCUT2D eigenvalue weighted by Gasteiger charge is 2.37. The topological polar surface area (TPSA) is 113 Å². The molecule has 0 aromatic carbocycles. The Bertz CT molecular complexity index is 494. The lowest BCUT2D eigenvalue weighted by molar-refractivity contribution is -0.149. The van der Waals surface area contributed by atoms with Crippen molar-refractivity contribution in [3.8, 4) is 0 Å².